The van der Waals surface area contributed by atoms with Crippen molar-refractivity contribution >= 4 is 11.6 Å². The Morgan fingerprint density at radius 1 is 0.583 bits per heavy atom. The van der Waals surface area contributed by atoms with E-state index < -0.39 is 34.6 Å². The fourth-order valence-corrected chi connectivity index (χ4v) is 0.619. The second kappa shape index (κ2) is 2.26. The topological polar surface area (TPSA) is 126 Å². The molecular weight excluding hydrogens is 168 g/mol. The maximum absolute atomic E-state index is 10.4. The molecule has 1 aliphatic rings. The third-order valence-corrected chi connectivity index (χ3v) is 1.24. The molecule has 0 fully saturated rings. The SMILES string of the molecule is O=C1C([O-])=C([O-])C(=O)C([O-])=C1[O-]. The summed E-state index contributed by atoms with van der Waals surface area (Å²) in [5.74, 6) is -10.4. The van der Waals surface area contributed by atoms with Crippen molar-refractivity contribution in [2.45, 2.75) is 0 Å². The second-order valence-corrected chi connectivity index (χ2v) is 1.97. The quantitative estimate of drug-likeness (QED) is 0.333. The maximum Gasteiger partial charge on any atom is 0.162 e. The van der Waals surface area contributed by atoms with Gasteiger partial charge < -0.3 is 20.4 Å². The molecule has 0 unspecified atom stereocenters. The van der Waals surface area contributed by atoms with Crippen molar-refractivity contribution in [1.29, 1.82) is 0 Å². The van der Waals surface area contributed by atoms with Crippen molar-refractivity contribution in [2.75, 3.05) is 0 Å². The predicted molar refractivity (Wildman–Crippen MR) is 24.1 cm³/mol. The van der Waals surface area contributed by atoms with E-state index in [1.54, 1.807) is 0 Å². The number of hydrogen-bond donors (Lipinski definition) is 0. The van der Waals surface area contributed by atoms with Gasteiger partial charge in [-0.25, -0.2) is 0 Å². The molecule has 0 radical (unpaired) electrons. The number of ketones is 2. The van der Waals surface area contributed by atoms with Crippen molar-refractivity contribution in [3.8, 4) is 0 Å². The van der Waals surface area contributed by atoms with Gasteiger partial charge in [-0.05, 0) is 0 Å². The first-order valence-corrected chi connectivity index (χ1v) is 2.72. The lowest BCUT2D eigenvalue weighted by Gasteiger charge is -2.34. The first-order chi connectivity index (χ1) is 5.46. The van der Waals surface area contributed by atoms with Crippen LogP contribution in [0.3, 0.4) is 0 Å². The number of rotatable bonds is 0. The molecule has 6 nitrogen and oxygen atoms in total. The van der Waals surface area contributed by atoms with Crippen molar-refractivity contribution in [3.63, 3.8) is 0 Å². The van der Waals surface area contributed by atoms with Gasteiger partial charge in [0.05, 0.1) is 0 Å². The highest BCUT2D eigenvalue weighted by molar-refractivity contribution is 6.20. The Bertz CT molecular complexity index is 272. The van der Waals surface area contributed by atoms with E-state index in [1.165, 1.54) is 0 Å². The van der Waals surface area contributed by atoms with Crippen LogP contribution in [-0.4, -0.2) is 11.6 Å². The Morgan fingerprint density at radius 2 is 0.750 bits per heavy atom. The first kappa shape index (κ1) is 8.12. The van der Waals surface area contributed by atoms with Crippen molar-refractivity contribution in [3.05, 3.63) is 23.0 Å². The minimum absolute atomic E-state index is 1.73. The van der Waals surface area contributed by atoms with Gasteiger partial charge in [0, 0.05) is 0 Å². The van der Waals surface area contributed by atoms with Crippen LogP contribution in [-0.2, 0) is 9.59 Å². The van der Waals surface area contributed by atoms with E-state index in [4.69, 9.17) is 0 Å². The molecule has 0 amide bonds. The molecule has 0 aromatic carbocycles. The molecule has 0 heterocycles. The lowest BCUT2D eigenvalue weighted by Crippen LogP contribution is -2.41. The molecule has 0 aromatic heterocycles. The number of Topliss-reactive ketones (excluding diaryl/α,β-unsaturated/α-hetero) is 2. The van der Waals surface area contributed by atoms with E-state index in [0.717, 1.165) is 0 Å². The lowest BCUT2D eigenvalue weighted by molar-refractivity contribution is -0.373. The molecule has 6 heteroatoms. The summed E-state index contributed by atoms with van der Waals surface area (Å²) >= 11 is 0. The van der Waals surface area contributed by atoms with Gasteiger partial charge in [-0.3, -0.25) is 9.59 Å². The highest BCUT2D eigenvalue weighted by Gasteiger charge is 2.13. The summed E-state index contributed by atoms with van der Waals surface area (Å²) in [4.78, 5) is 20.8. The third kappa shape index (κ3) is 0.815. The van der Waals surface area contributed by atoms with E-state index in [0.29, 0.717) is 0 Å². The monoisotopic (exact) mass is 168 g/mol. The number of carbonyl (C=O) groups excluding carboxylic acids is 2. The molecule has 0 aliphatic heterocycles. The number of hydrogen-bond acceptors (Lipinski definition) is 6. The van der Waals surface area contributed by atoms with E-state index in [1.807, 2.05) is 0 Å². The van der Waals surface area contributed by atoms with Crippen molar-refractivity contribution in [2.24, 2.45) is 0 Å². The van der Waals surface area contributed by atoms with Gasteiger partial charge in [0.1, 0.15) is 0 Å². The molecule has 1 rings (SSSR count). The second-order valence-electron chi connectivity index (χ2n) is 1.97. The van der Waals surface area contributed by atoms with Gasteiger partial charge in [-0.2, -0.15) is 0 Å². The van der Waals surface area contributed by atoms with E-state index in [2.05, 4.69) is 0 Å². The maximum atomic E-state index is 10.4. The Balaban J connectivity index is 3.32. The molecular formula is C6O6-4. The van der Waals surface area contributed by atoms with Crippen LogP contribution in [0, 0.1) is 0 Å². The van der Waals surface area contributed by atoms with Gasteiger partial charge in [0.2, 0.25) is 0 Å². The van der Waals surface area contributed by atoms with Crippen LogP contribution in [0.15, 0.2) is 23.0 Å². The Labute approximate surface area is 65.7 Å². The minimum Gasteiger partial charge on any atom is -0.870 e. The molecule has 0 saturated heterocycles. The van der Waals surface area contributed by atoms with Crippen LogP contribution in [0.5, 0.6) is 0 Å². The fraction of sp³-hybridized carbons (Fsp3) is 0. The molecule has 1 aliphatic carbocycles. The zero-order valence-corrected chi connectivity index (χ0v) is 5.45. The summed E-state index contributed by atoms with van der Waals surface area (Å²) < 4.78 is 0. The van der Waals surface area contributed by atoms with Crippen LogP contribution in [0.25, 0.3) is 0 Å². The molecule has 0 N–H and O–H groups in total. The van der Waals surface area contributed by atoms with Crippen LogP contribution in [0.4, 0.5) is 0 Å². The molecule has 0 bridgehead atoms. The zero-order chi connectivity index (χ0) is 9.46. The highest BCUT2D eigenvalue weighted by Crippen LogP contribution is 2.10. The zero-order valence-electron chi connectivity index (χ0n) is 5.45. The fourth-order valence-electron chi connectivity index (χ4n) is 0.619. The molecule has 64 valence electrons. The molecule has 0 aromatic rings. The first-order valence-electron chi connectivity index (χ1n) is 2.72. The Kier molecular flexibility index (Phi) is 1.53. The predicted octanol–water partition coefficient (Wildman–Crippen LogP) is -5.00. The van der Waals surface area contributed by atoms with E-state index in [9.17, 15) is 30.0 Å². The summed E-state index contributed by atoms with van der Waals surface area (Å²) in [5, 5.41) is 41.6. The lowest BCUT2D eigenvalue weighted by atomic mass is 10.1. The molecule has 0 saturated carbocycles. The van der Waals surface area contributed by atoms with E-state index >= 15 is 0 Å². The summed E-state index contributed by atoms with van der Waals surface area (Å²) in [6.45, 7) is 0. The van der Waals surface area contributed by atoms with Gasteiger partial charge in [-0.15, -0.1) is 0 Å². The van der Waals surface area contributed by atoms with Crippen LogP contribution < -0.4 is 20.4 Å². The average Bonchev–Trinajstić information content (AvgIpc) is 2.08. The summed E-state index contributed by atoms with van der Waals surface area (Å²) in [6.07, 6.45) is 0. The minimum atomic E-state index is -1.73. The van der Waals surface area contributed by atoms with Crippen molar-refractivity contribution < 1.29 is 30.0 Å². The summed E-state index contributed by atoms with van der Waals surface area (Å²) in [5.41, 5.74) is 0. The van der Waals surface area contributed by atoms with Gasteiger partial charge in [-0.1, -0.05) is 23.0 Å². The molecule has 12 heavy (non-hydrogen) atoms. The number of carbonyl (C=O) groups is 2. The standard InChI is InChI=1S/C6H4O6/c7-1-2(8)4(10)6(12)5(11)3(1)9/h7-8,11-12H/p-4. The van der Waals surface area contributed by atoms with Crippen molar-refractivity contribution in [1.82, 2.24) is 0 Å². The van der Waals surface area contributed by atoms with E-state index in [-0.39, 0.29) is 0 Å². The molecule has 0 spiro atoms. The van der Waals surface area contributed by atoms with Crippen LogP contribution >= 0.6 is 0 Å². The smallest absolute Gasteiger partial charge is 0.162 e. The summed E-state index contributed by atoms with van der Waals surface area (Å²) in [7, 11) is 0. The summed E-state index contributed by atoms with van der Waals surface area (Å²) in [6, 6.07) is 0. The Morgan fingerprint density at radius 3 is 0.917 bits per heavy atom. The Hall–Kier alpha value is -1.98. The average molecular weight is 168 g/mol. The molecule has 0 atom stereocenters. The van der Waals surface area contributed by atoms with Gasteiger partial charge in [0.15, 0.2) is 11.6 Å². The van der Waals surface area contributed by atoms with Crippen LogP contribution in [0.1, 0.15) is 0 Å². The van der Waals surface area contributed by atoms with Gasteiger partial charge in [0.25, 0.3) is 0 Å². The van der Waals surface area contributed by atoms with Crippen LogP contribution in [0.2, 0.25) is 0 Å². The van der Waals surface area contributed by atoms with Gasteiger partial charge >= 0.3 is 0 Å². The highest BCUT2D eigenvalue weighted by atomic mass is 16.3. The largest absolute Gasteiger partial charge is 0.870 e. The third-order valence-electron chi connectivity index (χ3n) is 1.24. The normalized spacial score (nSPS) is 19.0.